The van der Waals surface area contributed by atoms with Crippen LogP contribution in [0.1, 0.15) is 17.7 Å². The van der Waals surface area contributed by atoms with Gasteiger partial charge in [-0.2, -0.15) is 0 Å². The van der Waals surface area contributed by atoms with Gasteiger partial charge in [-0.05, 0) is 36.4 Å². The van der Waals surface area contributed by atoms with Gasteiger partial charge in [-0.15, -0.1) is 10.2 Å². The number of aromatic nitrogens is 2. The minimum absolute atomic E-state index is 0.321. The van der Waals surface area contributed by atoms with E-state index < -0.39 is 5.25 Å². The zero-order valence-corrected chi connectivity index (χ0v) is 13.9. The van der Waals surface area contributed by atoms with Crippen molar-refractivity contribution in [2.24, 2.45) is 0 Å². The van der Waals surface area contributed by atoms with E-state index in [-0.39, 0.29) is 5.97 Å². The topological polar surface area (TPSA) is 65.2 Å². The molecule has 0 aliphatic rings. The van der Waals surface area contributed by atoms with Crippen molar-refractivity contribution >= 4 is 17.7 Å². The Kier molecular flexibility index (Phi) is 5.28. The smallest absolute Gasteiger partial charge is 0.324 e. The first kappa shape index (κ1) is 16.3. The van der Waals surface area contributed by atoms with Gasteiger partial charge in [0.1, 0.15) is 5.25 Å². The van der Waals surface area contributed by atoms with Gasteiger partial charge in [0.05, 0.1) is 6.61 Å². The molecular formula is C18H16N2O3S. The number of ether oxygens (including phenoxy) is 1. The van der Waals surface area contributed by atoms with Gasteiger partial charge in [0.25, 0.3) is 5.22 Å². The molecule has 1 heterocycles. The number of carbonyl (C=O) groups is 1. The van der Waals surface area contributed by atoms with E-state index in [0.717, 1.165) is 11.1 Å². The summed E-state index contributed by atoms with van der Waals surface area (Å²) in [5, 5.41) is 7.87. The minimum atomic E-state index is -0.546. The zero-order chi connectivity index (χ0) is 16.8. The van der Waals surface area contributed by atoms with Crippen LogP contribution in [0.25, 0.3) is 11.5 Å². The van der Waals surface area contributed by atoms with Crippen LogP contribution < -0.4 is 0 Å². The second kappa shape index (κ2) is 7.79. The highest BCUT2D eigenvalue weighted by molar-refractivity contribution is 8.00. The molecule has 0 unspecified atom stereocenters. The Morgan fingerprint density at radius 2 is 1.75 bits per heavy atom. The standard InChI is InChI=1S/C18H16N2O3S/c1-2-22-17(21)15(13-9-5-3-6-10-13)24-18-20-19-16(23-18)14-11-7-4-8-12-14/h3-12,15H,2H2,1H3/t15-/m0/s1. The highest BCUT2D eigenvalue weighted by Crippen LogP contribution is 2.36. The number of thioether (sulfide) groups is 1. The molecule has 0 N–H and O–H groups in total. The Hall–Kier alpha value is -2.60. The zero-order valence-electron chi connectivity index (χ0n) is 13.1. The number of benzene rings is 2. The molecule has 0 aliphatic heterocycles. The van der Waals surface area contributed by atoms with Crippen LogP contribution >= 0.6 is 11.8 Å². The van der Waals surface area contributed by atoms with Gasteiger partial charge in [0.2, 0.25) is 5.89 Å². The number of hydrogen-bond donors (Lipinski definition) is 0. The second-order valence-electron chi connectivity index (χ2n) is 4.90. The molecule has 3 aromatic rings. The van der Waals surface area contributed by atoms with Crippen LogP contribution in [-0.2, 0) is 9.53 Å². The maximum absolute atomic E-state index is 12.3. The molecule has 0 bridgehead atoms. The SMILES string of the molecule is CCOC(=O)[C@@H](Sc1nnc(-c2ccccc2)o1)c1ccccc1. The molecule has 122 valence electrons. The fourth-order valence-electron chi connectivity index (χ4n) is 2.15. The number of rotatable bonds is 6. The van der Waals surface area contributed by atoms with Gasteiger partial charge in [0, 0.05) is 5.56 Å². The van der Waals surface area contributed by atoms with E-state index in [4.69, 9.17) is 9.15 Å². The normalized spacial score (nSPS) is 11.9. The van der Waals surface area contributed by atoms with Crippen molar-refractivity contribution < 1.29 is 13.9 Å². The number of nitrogens with zero attached hydrogens (tertiary/aromatic N) is 2. The highest BCUT2D eigenvalue weighted by atomic mass is 32.2. The third-order valence-electron chi connectivity index (χ3n) is 3.25. The van der Waals surface area contributed by atoms with Crippen LogP contribution in [-0.4, -0.2) is 22.8 Å². The van der Waals surface area contributed by atoms with E-state index in [9.17, 15) is 4.79 Å². The quantitative estimate of drug-likeness (QED) is 0.496. The van der Waals surface area contributed by atoms with Crippen molar-refractivity contribution in [1.29, 1.82) is 0 Å². The summed E-state index contributed by atoms with van der Waals surface area (Å²) >= 11 is 1.19. The summed E-state index contributed by atoms with van der Waals surface area (Å²) in [7, 11) is 0. The summed E-state index contributed by atoms with van der Waals surface area (Å²) in [4.78, 5) is 12.3. The summed E-state index contributed by atoms with van der Waals surface area (Å²) in [6, 6.07) is 18.9. The van der Waals surface area contributed by atoms with E-state index in [1.54, 1.807) is 6.92 Å². The molecule has 6 heteroatoms. The molecule has 0 saturated heterocycles. The molecule has 24 heavy (non-hydrogen) atoms. The molecule has 2 aromatic carbocycles. The maximum atomic E-state index is 12.3. The van der Waals surface area contributed by atoms with Gasteiger partial charge in [-0.3, -0.25) is 4.79 Å². The Bertz CT molecular complexity index is 790. The molecule has 0 radical (unpaired) electrons. The summed E-state index contributed by atoms with van der Waals surface area (Å²) in [5.74, 6) is 0.0990. The van der Waals surface area contributed by atoms with E-state index in [1.165, 1.54) is 11.8 Å². The monoisotopic (exact) mass is 340 g/mol. The largest absolute Gasteiger partial charge is 0.465 e. The van der Waals surface area contributed by atoms with Crippen LogP contribution in [0, 0.1) is 0 Å². The first-order valence-electron chi connectivity index (χ1n) is 7.55. The average Bonchev–Trinajstić information content (AvgIpc) is 3.10. The van der Waals surface area contributed by atoms with Crippen LogP contribution in [0.2, 0.25) is 0 Å². The Morgan fingerprint density at radius 1 is 1.08 bits per heavy atom. The van der Waals surface area contributed by atoms with E-state index in [2.05, 4.69) is 10.2 Å². The summed E-state index contributed by atoms with van der Waals surface area (Å²) in [6.07, 6.45) is 0. The Labute approximate surface area is 144 Å². The number of hydrogen-bond acceptors (Lipinski definition) is 6. The van der Waals surface area contributed by atoms with E-state index in [1.807, 2.05) is 60.7 Å². The van der Waals surface area contributed by atoms with Crippen molar-refractivity contribution in [3.63, 3.8) is 0 Å². The maximum Gasteiger partial charge on any atom is 0.324 e. The van der Waals surface area contributed by atoms with E-state index >= 15 is 0 Å². The molecule has 0 fully saturated rings. The van der Waals surface area contributed by atoms with Crippen molar-refractivity contribution in [1.82, 2.24) is 10.2 Å². The lowest BCUT2D eigenvalue weighted by Crippen LogP contribution is -2.13. The van der Waals surface area contributed by atoms with Gasteiger partial charge in [-0.1, -0.05) is 48.5 Å². The van der Waals surface area contributed by atoms with Crippen molar-refractivity contribution in [2.45, 2.75) is 17.4 Å². The lowest BCUT2D eigenvalue weighted by molar-refractivity contribution is -0.142. The molecule has 5 nitrogen and oxygen atoms in total. The van der Waals surface area contributed by atoms with Gasteiger partial charge >= 0.3 is 5.97 Å². The molecule has 1 aromatic heterocycles. The van der Waals surface area contributed by atoms with Crippen LogP contribution in [0.4, 0.5) is 0 Å². The van der Waals surface area contributed by atoms with Crippen LogP contribution in [0.3, 0.4) is 0 Å². The predicted octanol–water partition coefficient (Wildman–Crippen LogP) is 4.13. The first-order valence-corrected chi connectivity index (χ1v) is 8.43. The first-order chi connectivity index (χ1) is 11.8. The van der Waals surface area contributed by atoms with Crippen molar-refractivity contribution in [3.05, 3.63) is 66.2 Å². The Morgan fingerprint density at radius 3 is 2.42 bits per heavy atom. The summed E-state index contributed by atoms with van der Waals surface area (Å²) < 4.78 is 10.9. The summed E-state index contributed by atoms with van der Waals surface area (Å²) in [5.41, 5.74) is 1.67. The fraction of sp³-hybridized carbons (Fsp3) is 0.167. The Balaban J connectivity index is 1.83. The van der Waals surface area contributed by atoms with Gasteiger partial charge in [0.15, 0.2) is 0 Å². The molecule has 0 saturated carbocycles. The lowest BCUT2D eigenvalue weighted by Gasteiger charge is -2.13. The molecule has 3 rings (SSSR count). The molecular weight excluding hydrogens is 324 g/mol. The van der Waals surface area contributed by atoms with Crippen molar-refractivity contribution in [2.75, 3.05) is 6.61 Å². The highest BCUT2D eigenvalue weighted by Gasteiger charge is 2.26. The third kappa shape index (κ3) is 3.83. The fourth-order valence-corrected chi connectivity index (χ4v) is 3.03. The molecule has 0 spiro atoms. The number of carbonyl (C=O) groups excluding carboxylic acids is 1. The van der Waals surface area contributed by atoms with Crippen LogP contribution in [0.5, 0.6) is 0 Å². The third-order valence-corrected chi connectivity index (χ3v) is 4.32. The molecule has 0 aliphatic carbocycles. The second-order valence-corrected chi connectivity index (χ2v) is 5.96. The number of esters is 1. The van der Waals surface area contributed by atoms with E-state index in [0.29, 0.717) is 17.7 Å². The molecule has 1 atom stereocenters. The average molecular weight is 340 g/mol. The predicted molar refractivity (Wildman–Crippen MR) is 91.4 cm³/mol. The van der Waals surface area contributed by atoms with Crippen LogP contribution in [0.15, 0.2) is 70.3 Å². The van der Waals surface area contributed by atoms with Crippen molar-refractivity contribution in [3.8, 4) is 11.5 Å². The minimum Gasteiger partial charge on any atom is -0.465 e. The lowest BCUT2D eigenvalue weighted by atomic mass is 10.1. The van der Waals surface area contributed by atoms with Gasteiger partial charge in [-0.25, -0.2) is 0 Å². The summed E-state index contributed by atoms with van der Waals surface area (Å²) in [6.45, 7) is 2.10. The molecule has 0 amide bonds. The van der Waals surface area contributed by atoms with Gasteiger partial charge < -0.3 is 9.15 Å².